The highest BCUT2D eigenvalue weighted by Gasteiger charge is 2.32. The van der Waals surface area contributed by atoms with Gasteiger partial charge in [0, 0.05) is 12.0 Å². The van der Waals surface area contributed by atoms with Crippen LogP contribution < -0.4 is 5.43 Å². The van der Waals surface area contributed by atoms with Gasteiger partial charge in [-0.3, -0.25) is 9.59 Å². The number of pyridine rings is 1. The molecule has 23 heavy (non-hydrogen) atoms. The Kier molecular flexibility index (Phi) is 2.77. The zero-order valence-corrected chi connectivity index (χ0v) is 13.4. The number of rotatable bonds is 0. The first-order valence-electron chi connectivity index (χ1n) is 7.74. The number of aryl methyl sites for hydroxylation is 1. The lowest BCUT2D eigenvalue weighted by Gasteiger charge is -2.29. The number of Topliss-reactive ketones (excluding diaryl/α,β-unsaturated/α-hetero) is 1. The normalized spacial score (nSPS) is 16.7. The molecule has 1 aliphatic carbocycles. The quantitative estimate of drug-likeness (QED) is 0.593. The Morgan fingerprint density at radius 3 is 2.65 bits per heavy atom. The van der Waals surface area contributed by atoms with E-state index in [0.29, 0.717) is 40.5 Å². The predicted molar refractivity (Wildman–Crippen MR) is 89.0 cm³/mol. The van der Waals surface area contributed by atoms with E-state index >= 15 is 0 Å². The molecular weight excluding hydrogens is 290 g/mol. The summed E-state index contributed by atoms with van der Waals surface area (Å²) in [5.41, 5.74) is 2.90. The fourth-order valence-corrected chi connectivity index (χ4v) is 3.35. The predicted octanol–water partition coefficient (Wildman–Crippen LogP) is 3.80. The highest BCUT2D eigenvalue weighted by molar-refractivity contribution is 6.01. The van der Waals surface area contributed by atoms with E-state index in [0.717, 1.165) is 11.3 Å². The summed E-state index contributed by atoms with van der Waals surface area (Å²) in [4.78, 5) is 29.7. The summed E-state index contributed by atoms with van der Waals surface area (Å²) < 4.78 is 5.83. The number of carbonyl (C=O) groups excluding carboxylic acids is 1. The van der Waals surface area contributed by atoms with Gasteiger partial charge in [0.2, 0.25) is 11.1 Å². The fourth-order valence-electron chi connectivity index (χ4n) is 3.35. The van der Waals surface area contributed by atoms with Crippen molar-refractivity contribution in [1.82, 2.24) is 4.98 Å². The summed E-state index contributed by atoms with van der Waals surface area (Å²) in [5.74, 6) is 0.0504. The number of fused-ring (bicyclic) bond motifs is 3. The average Bonchev–Trinajstić information content (AvgIpc) is 2.46. The number of nitrogens with zero attached hydrogens (tertiary/aromatic N) is 1. The molecule has 3 aromatic rings. The van der Waals surface area contributed by atoms with Gasteiger partial charge in [-0.25, -0.2) is 4.98 Å². The summed E-state index contributed by atoms with van der Waals surface area (Å²) >= 11 is 0. The van der Waals surface area contributed by atoms with E-state index in [4.69, 9.17) is 4.42 Å². The van der Waals surface area contributed by atoms with E-state index in [2.05, 4.69) is 18.8 Å². The monoisotopic (exact) mass is 307 g/mol. The molecule has 0 bridgehead atoms. The van der Waals surface area contributed by atoms with Crippen molar-refractivity contribution < 1.29 is 9.21 Å². The SMILES string of the molecule is Cc1ccc2oc3nc4c(cc3c(=O)c2c1)C(=O)CC(C)(C)C4. The number of aromatic nitrogens is 1. The van der Waals surface area contributed by atoms with Crippen molar-refractivity contribution in [3.63, 3.8) is 0 Å². The maximum absolute atomic E-state index is 12.7. The van der Waals surface area contributed by atoms with E-state index in [1.54, 1.807) is 12.1 Å². The van der Waals surface area contributed by atoms with Crippen LogP contribution in [0.25, 0.3) is 22.1 Å². The number of ketones is 1. The van der Waals surface area contributed by atoms with Gasteiger partial charge in [-0.15, -0.1) is 0 Å². The second-order valence-electron chi connectivity index (χ2n) is 7.21. The first-order chi connectivity index (χ1) is 10.8. The molecule has 0 spiro atoms. The molecule has 0 radical (unpaired) electrons. The van der Waals surface area contributed by atoms with Crippen LogP contribution in [0.3, 0.4) is 0 Å². The molecule has 0 atom stereocenters. The van der Waals surface area contributed by atoms with Crippen molar-refractivity contribution in [1.29, 1.82) is 0 Å². The summed E-state index contributed by atoms with van der Waals surface area (Å²) in [7, 11) is 0. The Balaban J connectivity index is 2.08. The minimum Gasteiger partial charge on any atom is -0.437 e. The molecule has 1 aromatic carbocycles. The average molecular weight is 307 g/mol. The second-order valence-corrected chi connectivity index (χ2v) is 7.21. The smallest absolute Gasteiger partial charge is 0.230 e. The summed E-state index contributed by atoms with van der Waals surface area (Å²) in [5, 5.41) is 0.915. The Morgan fingerprint density at radius 2 is 1.87 bits per heavy atom. The van der Waals surface area contributed by atoms with Crippen LogP contribution >= 0.6 is 0 Å². The zero-order valence-electron chi connectivity index (χ0n) is 13.4. The van der Waals surface area contributed by atoms with Crippen LogP contribution in [0, 0.1) is 12.3 Å². The Labute approximate surface area is 133 Å². The van der Waals surface area contributed by atoms with Crippen LogP contribution in [0.4, 0.5) is 0 Å². The van der Waals surface area contributed by atoms with Gasteiger partial charge in [0.25, 0.3) is 0 Å². The van der Waals surface area contributed by atoms with Gasteiger partial charge in [0.1, 0.15) is 5.58 Å². The van der Waals surface area contributed by atoms with Gasteiger partial charge < -0.3 is 4.42 Å². The van der Waals surface area contributed by atoms with Gasteiger partial charge in [0.15, 0.2) is 5.78 Å². The molecule has 2 aromatic heterocycles. The second kappa shape index (κ2) is 4.51. The molecule has 4 nitrogen and oxygen atoms in total. The summed E-state index contributed by atoms with van der Waals surface area (Å²) in [6.07, 6.45) is 1.19. The maximum atomic E-state index is 12.7. The largest absolute Gasteiger partial charge is 0.437 e. The molecule has 0 saturated carbocycles. The number of hydrogen-bond donors (Lipinski definition) is 0. The lowest BCUT2D eigenvalue weighted by Crippen LogP contribution is -2.28. The third kappa shape index (κ3) is 2.17. The lowest BCUT2D eigenvalue weighted by atomic mass is 9.75. The maximum Gasteiger partial charge on any atom is 0.230 e. The van der Waals surface area contributed by atoms with Crippen molar-refractivity contribution in [3.8, 4) is 0 Å². The van der Waals surface area contributed by atoms with Gasteiger partial charge in [-0.1, -0.05) is 25.5 Å². The third-order valence-electron chi connectivity index (χ3n) is 4.48. The number of benzene rings is 1. The van der Waals surface area contributed by atoms with Crippen molar-refractivity contribution in [2.75, 3.05) is 0 Å². The third-order valence-corrected chi connectivity index (χ3v) is 4.48. The highest BCUT2D eigenvalue weighted by atomic mass is 16.3. The Hall–Kier alpha value is -2.49. The first-order valence-corrected chi connectivity index (χ1v) is 7.74. The van der Waals surface area contributed by atoms with Crippen molar-refractivity contribution in [2.45, 2.75) is 33.6 Å². The molecule has 4 rings (SSSR count). The number of hydrogen-bond acceptors (Lipinski definition) is 4. The van der Waals surface area contributed by atoms with E-state index in [1.165, 1.54) is 0 Å². The topological polar surface area (TPSA) is 60.2 Å². The van der Waals surface area contributed by atoms with Crippen molar-refractivity contribution >= 4 is 27.9 Å². The van der Waals surface area contributed by atoms with Crippen LogP contribution in [0.2, 0.25) is 0 Å². The number of carbonyl (C=O) groups is 1. The van der Waals surface area contributed by atoms with Crippen molar-refractivity contribution in [2.24, 2.45) is 5.41 Å². The van der Waals surface area contributed by atoms with Crippen LogP contribution in [0.1, 0.15) is 41.9 Å². The van der Waals surface area contributed by atoms with Crippen LogP contribution in [0.5, 0.6) is 0 Å². The van der Waals surface area contributed by atoms with E-state index in [1.807, 2.05) is 19.1 Å². The summed E-state index contributed by atoms with van der Waals surface area (Å²) in [6.45, 7) is 6.04. The fraction of sp³-hybridized carbons (Fsp3) is 0.316. The molecule has 0 saturated heterocycles. The van der Waals surface area contributed by atoms with E-state index in [9.17, 15) is 9.59 Å². The molecule has 4 heteroatoms. The van der Waals surface area contributed by atoms with Crippen LogP contribution in [-0.2, 0) is 6.42 Å². The molecule has 2 heterocycles. The molecular formula is C19H17NO3. The molecule has 116 valence electrons. The molecule has 0 amide bonds. The van der Waals surface area contributed by atoms with E-state index < -0.39 is 0 Å². The first kappa shape index (κ1) is 14.1. The Morgan fingerprint density at radius 1 is 1.09 bits per heavy atom. The van der Waals surface area contributed by atoms with Gasteiger partial charge >= 0.3 is 0 Å². The molecule has 0 unspecified atom stereocenters. The minimum atomic E-state index is -0.127. The molecule has 1 aliphatic rings. The highest BCUT2D eigenvalue weighted by Crippen LogP contribution is 2.35. The molecule has 0 fully saturated rings. The summed E-state index contributed by atoms with van der Waals surface area (Å²) in [6, 6.07) is 7.18. The van der Waals surface area contributed by atoms with Crippen LogP contribution in [0.15, 0.2) is 33.5 Å². The molecule has 0 N–H and O–H groups in total. The van der Waals surface area contributed by atoms with Gasteiger partial charge in [-0.05, 0) is 37.0 Å². The van der Waals surface area contributed by atoms with Crippen molar-refractivity contribution in [3.05, 3.63) is 51.3 Å². The van der Waals surface area contributed by atoms with E-state index in [-0.39, 0.29) is 16.6 Å². The Bertz CT molecular complexity index is 1040. The van der Waals surface area contributed by atoms with Gasteiger partial charge in [-0.2, -0.15) is 0 Å². The molecule has 0 aliphatic heterocycles. The van der Waals surface area contributed by atoms with Gasteiger partial charge in [0.05, 0.1) is 16.5 Å². The lowest BCUT2D eigenvalue weighted by molar-refractivity contribution is 0.0910. The standard InChI is InChI=1S/C19H17NO3/c1-10-4-5-16-12(6-10)17(22)13-7-11-14(20-18(13)23-16)8-19(2,3)9-15(11)21/h4-7H,8-9H2,1-3H3. The van der Waals surface area contributed by atoms with Crippen LogP contribution in [-0.4, -0.2) is 10.8 Å². The minimum absolute atomic E-state index is 0.0504. The zero-order chi connectivity index (χ0) is 16.4.